The van der Waals surface area contributed by atoms with Crippen LogP contribution in [-0.2, 0) is 0 Å². The molecule has 16 heavy (non-hydrogen) atoms. The third-order valence-corrected chi connectivity index (χ3v) is 3.63. The van der Waals surface area contributed by atoms with Crippen molar-refractivity contribution in [2.45, 2.75) is 24.6 Å². The largest absolute Gasteiger partial charge is 0.206 e. The van der Waals surface area contributed by atoms with Gasteiger partial charge in [-0.2, -0.15) is 0 Å². The van der Waals surface area contributed by atoms with Crippen molar-refractivity contribution in [3.05, 3.63) is 39.9 Å². The highest BCUT2D eigenvalue weighted by Gasteiger charge is 2.20. The van der Waals surface area contributed by atoms with Crippen LogP contribution in [0.3, 0.4) is 0 Å². The Balaban J connectivity index is 2.51. The molecule has 0 spiro atoms. The summed E-state index contributed by atoms with van der Waals surface area (Å²) >= 11 is 9.03. The molecular weight excluding hydrogens is 297 g/mol. The zero-order chi connectivity index (χ0) is 11.7. The molecule has 0 saturated carbocycles. The van der Waals surface area contributed by atoms with Gasteiger partial charge in [0.05, 0.1) is 15.4 Å². The van der Waals surface area contributed by atoms with Gasteiger partial charge in [-0.1, -0.05) is 6.08 Å². The monoisotopic (exact) mass is 306 g/mol. The highest BCUT2D eigenvalue weighted by atomic mass is 79.9. The van der Waals surface area contributed by atoms with Crippen molar-refractivity contribution in [1.29, 1.82) is 0 Å². The van der Waals surface area contributed by atoms with Crippen LogP contribution in [0, 0.1) is 11.6 Å². The molecule has 0 N–H and O–H groups in total. The summed E-state index contributed by atoms with van der Waals surface area (Å²) in [6.45, 7) is 0. The highest BCUT2D eigenvalue weighted by Crippen LogP contribution is 2.34. The van der Waals surface area contributed by atoms with E-state index in [1.165, 1.54) is 12.1 Å². The second-order valence-corrected chi connectivity index (χ2v) is 5.23. The van der Waals surface area contributed by atoms with E-state index in [1.807, 2.05) is 0 Å². The average Bonchev–Trinajstić information content (AvgIpc) is 2.24. The van der Waals surface area contributed by atoms with Crippen LogP contribution in [-0.4, -0.2) is 5.38 Å². The minimum Gasteiger partial charge on any atom is -0.206 e. The fourth-order valence-corrected chi connectivity index (χ4v) is 2.54. The summed E-state index contributed by atoms with van der Waals surface area (Å²) in [7, 11) is 0. The first-order valence-electron chi connectivity index (χ1n) is 5.08. The SMILES string of the molecule is Fc1ccc(Br)c(F)c1C1=CC(Cl)CCC1. The van der Waals surface area contributed by atoms with Gasteiger partial charge >= 0.3 is 0 Å². The number of halogens is 4. The van der Waals surface area contributed by atoms with Crippen LogP contribution in [0.1, 0.15) is 24.8 Å². The molecule has 0 radical (unpaired) electrons. The number of rotatable bonds is 1. The van der Waals surface area contributed by atoms with E-state index in [2.05, 4.69) is 15.9 Å². The van der Waals surface area contributed by atoms with Crippen molar-refractivity contribution < 1.29 is 8.78 Å². The van der Waals surface area contributed by atoms with Crippen LogP contribution >= 0.6 is 27.5 Å². The first kappa shape index (κ1) is 12.1. The zero-order valence-corrected chi connectivity index (χ0v) is 10.8. The molecule has 0 heterocycles. The fourth-order valence-electron chi connectivity index (χ4n) is 1.90. The van der Waals surface area contributed by atoms with Crippen LogP contribution in [0.2, 0.25) is 0 Å². The molecule has 1 atom stereocenters. The Labute approximate surface area is 106 Å². The lowest BCUT2D eigenvalue weighted by molar-refractivity contribution is 0.569. The molecule has 1 aromatic rings. The van der Waals surface area contributed by atoms with Crippen molar-refractivity contribution in [1.82, 2.24) is 0 Å². The third-order valence-electron chi connectivity index (χ3n) is 2.67. The van der Waals surface area contributed by atoms with Gasteiger partial charge in [0.1, 0.15) is 11.6 Å². The maximum atomic E-state index is 13.8. The van der Waals surface area contributed by atoms with Crippen LogP contribution in [0.5, 0.6) is 0 Å². The molecule has 0 fully saturated rings. The first-order chi connectivity index (χ1) is 7.59. The van der Waals surface area contributed by atoms with E-state index in [0.29, 0.717) is 12.0 Å². The maximum absolute atomic E-state index is 13.8. The lowest BCUT2D eigenvalue weighted by Crippen LogP contribution is -2.05. The summed E-state index contributed by atoms with van der Waals surface area (Å²) in [5.74, 6) is -1.07. The predicted octanol–water partition coefficient (Wildman–Crippen LogP) is 4.90. The van der Waals surface area contributed by atoms with Gasteiger partial charge < -0.3 is 0 Å². The summed E-state index contributed by atoms with van der Waals surface area (Å²) in [5, 5.41) is -0.124. The van der Waals surface area contributed by atoms with Gasteiger partial charge in [-0.05, 0) is 52.9 Å². The molecular formula is C12H10BrClF2. The van der Waals surface area contributed by atoms with Crippen molar-refractivity contribution in [3.63, 3.8) is 0 Å². The van der Waals surface area contributed by atoms with Crippen molar-refractivity contribution >= 4 is 33.1 Å². The molecule has 2 rings (SSSR count). The smallest absolute Gasteiger partial charge is 0.147 e. The highest BCUT2D eigenvalue weighted by molar-refractivity contribution is 9.10. The molecule has 0 aromatic heterocycles. The van der Waals surface area contributed by atoms with Gasteiger partial charge in [-0.15, -0.1) is 11.6 Å². The van der Waals surface area contributed by atoms with Crippen molar-refractivity contribution in [2.24, 2.45) is 0 Å². The predicted molar refractivity (Wildman–Crippen MR) is 65.5 cm³/mol. The third kappa shape index (κ3) is 2.30. The number of hydrogen-bond acceptors (Lipinski definition) is 0. The quantitative estimate of drug-likeness (QED) is 0.511. The summed E-state index contributed by atoms with van der Waals surface area (Å²) in [6, 6.07) is 2.64. The van der Waals surface area contributed by atoms with E-state index in [1.54, 1.807) is 6.08 Å². The lowest BCUT2D eigenvalue weighted by atomic mass is 9.93. The first-order valence-corrected chi connectivity index (χ1v) is 6.31. The van der Waals surface area contributed by atoms with Gasteiger partial charge in [-0.3, -0.25) is 0 Å². The van der Waals surface area contributed by atoms with Crippen LogP contribution < -0.4 is 0 Å². The maximum Gasteiger partial charge on any atom is 0.147 e. The van der Waals surface area contributed by atoms with Gasteiger partial charge in [-0.25, -0.2) is 8.78 Å². The van der Waals surface area contributed by atoms with E-state index in [9.17, 15) is 8.78 Å². The van der Waals surface area contributed by atoms with E-state index >= 15 is 0 Å². The molecule has 1 aliphatic carbocycles. The normalized spacial score (nSPS) is 20.8. The Morgan fingerprint density at radius 2 is 2.06 bits per heavy atom. The van der Waals surface area contributed by atoms with E-state index in [4.69, 9.17) is 11.6 Å². The standard InChI is InChI=1S/C12H10BrClF2/c13-9-4-5-10(15)11(12(9)16)7-2-1-3-8(14)6-7/h4-6,8H,1-3H2. The molecule has 0 nitrogen and oxygen atoms in total. The van der Waals surface area contributed by atoms with Gasteiger partial charge in [0.15, 0.2) is 0 Å². The molecule has 4 heteroatoms. The molecule has 1 aromatic carbocycles. The topological polar surface area (TPSA) is 0 Å². The van der Waals surface area contributed by atoms with Crippen LogP contribution in [0.15, 0.2) is 22.7 Å². The summed E-state index contributed by atoms with van der Waals surface area (Å²) in [6.07, 6.45) is 4.15. The Bertz CT molecular complexity index is 443. The van der Waals surface area contributed by atoms with Gasteiger partial charge in [0, 0.05) is 0 Å². The second kappa shape index (κ2) is 4.84. The Morgan fingerprint density at radius 1 is 1.31 bits per heavy atom. The molecule has 1 aliphatic rings. The van der Waals surface area contributed by atoms with E-state index in [-0.39, 0.29) is 15.4 Å². The molecule has 86 valence electrons. The number of benzene rings is 1. The Kier molecular flexibility index (Phi) is 3.65. The summed E-state index contributed by atoms with van der Waals surface area (Å²) < 4.78 is 27.7. The van der Waals surface area contributed by atoms with Crippen LogP contribution in [0.4, 0.5) is 8.78 Å². The fraction of sp³-hybridized carbons (Fsp3) is 0.333. The molecule has 1 unspecified atom stereocenters. The molecule has 0 saturated heterocycles. The summed E-state index contributed by atoms with van der Waals surface area (Å²) in [5.41, 5.74) is 0.724. The van der Waals surface area contributed by atoms with Crippen molar-refractivity contribution in [3.8, 4) is 0 Å². The lowest BCUT2D eigenvalue weighted by Gasteiger charge is -2.18. The van der Waals surface area contributed by atoms with Gasteiger partial charge in [0.2, 0.25) is 0 Å². The number of allylic oxidation sites excluding steroid dienone is 2. The molecule has 0 amide bonds. The van der Waals surface area contributed by atoms with E-state index in [0.717, 1.165) is 12.8 Å². The molecule has 0 aliphatic heterocycles. The van der Waals surface area contributed by atoms with Gasteiger partial charge in [0.25, 0.3) is 0 Å². The minimum atomic E-state index is -0.544. The number of alkyl halides is 1. The zero-order valence-electron chi connectivity index (χ0n) is 8.44. The number of hydrogen-bond donors (Lipinski definition) is 0. The summed E-state index contributed by atoms with van der Waals surface area (Å²) in [4.78, 5) is 0. The Morgan fingerprint density at radius 3 is 2.75 bits per heavy atom. The second-order valence-electron chi connectivity index (χ2n) is 3.82. The minimum absolute atomic E-state index is 0.0553. The molecule has 0 bridgehead atoms. The Hall–Kier alpha value is -0.410. The van der Waals surface area contributed by atoms with E-state index < -0.39 is 11.6 Å². The average molecular weight is 308 g/mol. The van der Waals surface area contributed by atoms with Crippen LogP contribution in [0.25, 0.3) is 5.57 Å². The van der Waals surface area contributed by atoms with Crippen molar-refractivity contribution in [2.75, 3.05) is 0 Å².